The van der Waals surface area contributed by atoms with Crippen LogP contribution < -0.4 is 0 Å². The Morgan fingerprint density at radius 1 is 1.11 bits per heavy atom. The summed E-state index contributed by atoms with van der Waals surface area (Å²) in [6.45, 7) is 5.93. The first-order valence-electron chi connectivity index (χ1n) is 9.37. The Balaban J connectivity index is 1.70. The van der Waals surface area contributed by atoms with Crippen LogP contribution in [-0.2, 0) is 20.9 Å². The normalized spacial score (nSPS) is 24.0. The van der Waals surface area contributed by atoms with E-state index in [-0.39, 0.29) is 25.1 Å². The molecule has 8 heteroatoms. The molecule has 1 N–H and O–H groups in total. The monoisotopic (exact) mass is 390 g/mol. The Kier molecular flexibility index (Phi) is 5.49. The van der Waals surface area contributed by atoms with Gasteiger partial charge in [0.25, 0.3) is 0 Å². The van der Waals surface area contributed by atoms with Crippen molar-refractivity contribution in [2.24, 2.45) is 5.92 Å². The van der Waals surface area contributed by atoms with Crippen molar-refractivity contribution in [3.63, 3.8) is 0 Å². The van der Waals surface area contributed by atoms with Gasteiger partial charge in [-0.3, -0.25) is 4.90 Å². The Bertz CT molecular complexity index is 745. The van der Waals surface area contributed by atoms with Crippen LogP contribution in [0.3, 0.4) is 0 Å². The largest absolute Gasteiger partial charge is 0.480 e. The highest BCUT2D eigenvalue weighted by atomic mass is 16.6. The van der Waals surface area contributed by atoms with E-state index in [1.165, 1.54) is 9.80 Å². The summed E-state index contributed by atoms with van der Waals surface area (Å²) >= 11 is 0. The Morgan fingerprint density at radius 3 is 2.39 bits per heavy atom. The number of carboxylic acids is 1. The third-order valence-corrected chi connectivity index (χ3v) is 5.04. The molecule has 2 aliphatic rings. The second kappa shape index (κ2) is 7.69. The van der Waals surface area contributed by atoms with Crippen LogP contribution in [0.4, 0.5) is 9.59 Å². The van der Waals surface area contributed by atoms with E-state index in [1.807, 2.05) is 30.3 Å². The number of carbonyl (C=O) groups is 3. The molecule has 0 spiro atoms. The van der Waals surface area contributed by atoms with Gasteiger partial charge in [-0.05, 0) is 32.8 Å². The summed E-state index contributed by atoms with van der Waals surface area (Å²) < 4.78 is 10.8. The van der Waals surface area contributed by atoms with Gasteiger partial charge in [-0.1, -0.05) is 30.3 Å². The predicted molar refractivity (Wildman–Crippen MR) is 99.6 cm³/mol. The second-order valence-electron chi connectivity index (χ2n) is 8.17. The van der Waals surface area contributed by atoms with E-state index in [4.69, 9.17) is 9.47 Å². The number of nitrogens with zero attached hydrogens (tertiary/aromatic N) is 2. The number of hydrogen-bond acceptors (Lipinski definition) is 5. The van der Waals surface area contributed by atoms with Gasteiger partial charge >= 0.3 is 18.2 Å². The highest BCUT2D eigenvalue weighted by molar-refractivity contribution is 5.82. The number of amides is 2. The van der Waals surface area contributed by atoms with E-state index in [0.717, 1.165) is 5.56 Å². The minimum Gasteiger partial charge on any atom is -0.480 e. The maximum Gasteiger partial charge on any atom is 0.410 e. The molecule has 3 unspecified atom stereocenters. The molecule has 3 rings (SSSR count). The van der Waals surface area contributed by atoms with Gasteiger partial charge in [-0.25, -0.2) is 14.4 Å². The lowest BCUT2D eigenvalue weighted by Crippen LogP contribution is -2.44. The van der Waals surface area contributed by atoms with Crippen LogP contribution in [0.1, 0.15) is 32.8 Å². The summed E-state index contributed by atoms with van der Waals surface area (Å²) in [6, 6.07) is 7.78. The lowest BCUT2D eigenvalue weighted by Gasteiger charge is -2.28. The summed E-state index contributed by atoms with van der Waals surface area (Å²) in [4.78, 5) is 39.7. The molecule has 2 fully saturated rings. The molecular weight excluding hydrogens is 364 g/mol. The van der Waals surface area contributed by atoms with Gasteiger partial charge in [0, 0.05) is 19.0 Å². The number of hydrogen-bond donors (Lipinski definition) is 1. The Morgan fingerprint density at radius 2 is 1.79 bits per heavy atom. The number of fused-ring (bicyclic) bond motifs is 1. The van der Waals surface area contributed by atoms with Crippen LogP contribution >= 0.6 is 0 Å². The van der Waals surface area contributed by atoms with Crippen molar-refractivity contribution in [1.82, 2.24) is 9.80 Å². The van der Waals surface area contributed by atoms with Crippen LogP contribution in [0, 0.1) is 5.92 Å². The molecule has 2 amide bonds. The average molecular weight is 390 g/mol. The zero-order valence-electron chi connectivity index (χ0n) is 16.3. The molecule has 1 aromatic carbocycles. The lowest BCUT2D eigenvalue weighted by atomic mass is 9.96. The summed E-state index contributed by atoms with van der Waals surface area (Å²) in [5, 5.41) is 9.69. The predicted octanol–water partition coefficient (Wildman–Crippen LogP) is 2.72. The quantitative estimate of drug-likeness (QED) is 0.852. The molecule has 2 saturated heterocycles. The molecule has 3 atom stereocenters. The molecule has 0 radical (unpaired) electrons. The highest BCUT2D eigenvalue weighted by Gasteiger charge is 2.55. The van der Waals surface area contributed by atoms with E-state index in [2.05, 4.69) is 0 Å². The van der Waals surface area contributed by atoms with Crippen LogP contribution in [0.2, 0.25) is 0 Å². The topological polar surface area (TPSA) is 96.4 Å². The van der Waals surface area contributed by atoms with Crippen molar-refractivity contribution < 1.29 is 29.0 Å². The zero-order chi connectivity index (χ0) is 20.5. The summed E-state index contributed by atoms with van der Waals surface area (Å²) in [6.07, 6.45) is -0.665. The van der Waals surface area contributed by atoms with Gasteiger partial charge in [-0.15, -0.1) is 0 Å². The maximum atomic E-state index is 12.6. The van der Waals surface area contributed by atoms with E-state index in [1.54, 1.807) is 20.8 Å². The fourth-order valence-electron chi connectivity index (χ4n) is 3.88. The number of aliphatic carboxylic acids is 1. The minimum absolute atomic E-state index is 0.0631. The molecule has 0 saturated carbocycles. The van der Waals surface area contributed by atoms with Crippen molar-refractivity contribution >= 4 is 18.2 Å². The SMILES string of the molecule is CC(C)(C)OC(=O)N1CCC2C1CN(C(=O)OCc1ccccc1)C2C(=O)O. The van der Waals surface area contributed by atoms with Gasteiger partial charge < -0.3 is 19.5 Å². The van der Waals surface area contributed by atoms with E-state index >= 15 is 0 Å². The van der Waals surface area contributed by atoms with E-state index in [0.29, 0.717) is 13.0 Å². The van der Waals surface area contributed by atoms with Crippen LogP contribution in [0.25, 0.3) is 0 Å². The van der Waals surface area contributed by atoms with Crippen molar-refractivity contribution in [3.05, 3.63) is 35.9 Å². The van der Waals surface area contributed by atoms with Crippen molar-refractivity contribution in [2.75, 3.05) is 13.1 Å². The molecular formula is C20H26N2O6. The van der Waals surface area contributed by atoms with Crippen molar-refractivity contribution in [1.29, 1.82) is 0 Å². The fourth-order valence-corrected chi connectivity index (χ4v) is 3.88. The number of rotatable bonds is 3. The first-order chi connectivity index (χ1) is 13.2. The molecule has 0 aliphatic carbocycles. The molecule has 0 aromatic heterocycles. The van der Waals surface area contributed by atoms with Crippen LogP contribution in [0.15, 0.2) is 30.3 Å². The minimum atomic E-state index is -1.09. The highest BCUT2D eigenvalue weighted by Crippen LogP contribution is 2.37. The third kappa shape index (κ3) is 4.21. The number of benzene rings is 1. The van der Waals surface area contributed by atoms with Gasteiger partial charge in [0.1, 0.15) is 18.2 Å². The lowest BCUT2D eigenvalue weighted by molar-refractivity contribution is -0.143. The number of likely N-dealkylation sites (tertiary alicyclic amines) is 2. The zero-order valence-corrected chi connectivity index (χ0v) is 16.3. The molecule has 8 nitrogen and oxygen atoms in total. The molecule has 1 aromatic rings. The molecule has 2 aliphatic heterocycles. The second-order valence-corrected chi connectivity index (χ2v) is 8.17. The Labute approximate surface area is 164 Å². The summed E-state index contributed by atoms with van der Waals surface area (Å²) in [7, 11) is 0. The maximum absolute atomic E-state index is 12.6. The molecule has 2 heterocycles. The number of carboxylic acid groups (broad SMARTS) is 1. The van der Waals surface area contributed by atoms with Gasteiger partial charge in [0.05, 0.1) is 6.04 Å². The Hall–Kier alpha value is -2.77. The van der Waals surface area contributed by atoms with Gasteiger partial charge in [0.15, 0.2) is 0 Å². The standard InChI is InChI=1S/C20H26N2O6/c1-20(2,3)28-19(26)21-10-9-14-15(21)11-22(16(14)17(23)24)18(25)27-12-13-7-5-4-6-8-13/h4-8,14-16H,9-12H2,1-3H3,(H,23,24). The first kappa shape index (κ1) is 20.0. The van der Waals surface area contributed by atoms with E-state index in [9.17, 15) is 19.5 Å². The smallest absolute Gasteiger partial charge is 0.410 e. The van der Waals surface area contributed by atoms with Crippen molar-refractivity contribution in [2.45, 2.75) is 51.5 Å². The summed E-state index contributed by atoms with van der Waals surface area (Å²) in [5.41, 5.74) is 0.173. The molecule has 28 heavy (non-hydrogen) atoms. The number of ether oxygens (including phenoxy) is 2. The van der Waals surface area contributed by atoms with Crippen molar-refractivity contribution in [3.8, 4) is 0 Å². The van der Waals surface area contributed by atoms with Gasteiger partial charge in [-0.2, -0.15) is 0 Å². The van der Waals surface area contributed by atoms with Crippen LogP contribution in [-0.4, -0.2) is 63.8 Å². The molecule has 0 bridgehead atoms. The van der Waals surface area contributed by atoms with Gasteiger partial charge in [0.2, 0.25) is 0 Å². The third-order valence-electron chi connectivity index (χ3n) is 5.04. The average Bonchev–Trinajstić information content (AvgIpc) is 3.17. The van der Waals surface area contributed by atoms with Crippen LogP contribution in [0.5, 0.6) is 0 Å². The first-order valence-corrected chi connectivity index (χ1v) is 9.37. The summed E-state index contributed by atoms with van der Waals surface area (Å²) in [5.74, 6) is -1.43. The molecule has 152 valence electrons. The van der Waals surface area contributed by atoms with E-state index < -0.39 is 29.8 Å². The fraction of sp³-hybridized carbons (Fsp3) is 0.550. The number of carbonyl (C=O) groups excluding carboxylic acids is 2.